The van der Waals surface area contributed by atoms with E-state index in [1.165, 1.54) is 0 Å². The minimum Gasteiger partial charge on any atom is -0.480 e. The van der Waals surface area contributed by atoms with Crippen molar-refractivity contribution in [3.63, 3.8) is 0 Å². The van der Waals surface area contributed by atoms with Crippen LogP contribution in [0.25, 0.3) is 0 Å². The van der Waals surface area contributed by atoms with Crippen LogP contribution in [-0.2, 0) is 9.59 Å². The number of carboxylic acids is 1. The Morgan fingerprint density at radius 2 is 1.81 bits per heavy atom. The zero-order valence-corrected chi connectivity index (χ0v) is 11.8. The van der Waals surface area contributed by atoms with E-state index in [2.05, 4.69) is 0 Å². The van der Waals surface area contributed by atoms with Gasteiger partial charge >= 0.3 is 5.97 Å². The molecule has 0 aromatic heterocycles. The monoisotopic (exact) mass is 292 g/mol. The predicted octanol–water partition coefficient (Wildman–Crippen LogP) is 0.339. The average molecular weight is 292 g/mol. The summed E-state index contributed by atoms with van der Waals surface area (Å²) in [7, 11) is 0. The first kappa shape index (κ1) is 15.5. The third-order valence-electron chi connectivity index (χ3n) is 3.61. The zero-order valence-electron chi connectivity index (χ0n) is 11.8. The molecule has 1 heterocycles. The van der Waals surface area contributed by atoms with Crippen LogP contribution in [0, 0.1) is 0 Å². The Labute approximate surface area is 123 Å². The predicted molar refractivity (Wildman–Crippen MR) is 76.7 cm³/mol. The van der Waals surface area contributed by atoms with Crippen LogP contribution >= 0.6 is 0 Å². The van der Waals surface area contributed by atoms with Crippen molar-refractivity contribution < 1.29 is 19.8 Å². The van der Waals surface area contributed by atoms with Gasteiger partial charge in [0.15, 0.2) is 6.10 Å². The maximum absolute atomic E-state index is 12.3. The molecule has 1 aromatic rings. The van der Waals surface area contributed by atoms with E-state index in [0.29, 0.717) is 38.2 Å². The third-order valence-corrected chi connectivity index (χ3v) is 3.61. The number of rotatable bonds is 4. The Morgan fingerprint density at radius 1 is 1.10 bits per heavy atom. The number of hydrogen-bond donors (Lipinski definition) is 2. The van der Waals surface area contributed by atoms with Gasteiger partial charge in [0.05, 0.1) is 6.54 Å². The summed E-state index contributed by atoms with van der Waals surface area (Å²) in [5.41, 5.74) is 0.578. The molecule has 1 aromatic carbocycles. The second kappa shape index (κ2) is 7.19. The summed E-state index contributed by atoms with van der Waals surface area (Å²) in [5, 5.41) is 19.0. The average Bonchev–Trinajstić information content (AvgIpc) is 2.71. The second-order valence-electron chi connectivity index (χ2n) is 5.16. The van der Waals surface area contributed by atoms with Gasteiger partial charge in [-0.05, 0) is 12.0 Å². The van der Waals surface area contributed by atoms with E-state index in [1.54, 1.807) is 29.2 Å². The normalized spacial score (nSPS) is 18.0. The summed E-state index contributed by atoms with van der Waals surface area (Å²) in [6.45, 7) is 2.13. The summed E-state index contributed by atoms with van der Waals surface area (Å²) in [6.07, 6.45) is -0.446. The van der Waals surface area contributed by atoms with Gasteiger partial charge in [-0.2, -0.15) is 0 Å². The van der Waals surface area contributed by atoms with Crippen molar-refractivity contribution in [2.75, 3.05) is 32.7 Å². The minimum absolute atomic E-state index is 0.0106. The van der Waals surface area contributed by atoms with E-state index in [-0.39, 0.29) is 12.5 Å². The number of aliphatic hydroxyl groups is 1. The van der Waals surface area contributed by atoms with E-state index in [9.17, 15) is 14.7 Å². The molecule has 0 saturated carbocycles. The van der Waals surface area contributed by atoms with Crippen molar-refractivity contribution in [2.24, 2.45) is 0 Å². The van der Waals surface area contributed by atoms with Crippen molar-refractivity contribution in [3.05, 3.63) is 35.9 Å². The van der Waals surface area contributed by atoms with E-state index >= 15 is 0 Å². The Morgan fingerprint density at radius 3 is 2.48 bits per heavy atom. The number of benzene rings is 1. The second-order valence-corrected chi connectivity index (χ2v) is 5.16. The molecule has 1 aliphatic rings. The van der Waals surface area contributed by atoms with Gasteiger partial charge in [0, 0.05) is 26.2 Å². The molecule has 1 saturated heterocycles. The topological polar surface area (TPSA) is 81.1 Å². The molecule has 1 fully saturated rings. The van der Waals surface area contributed by atoms with Gasteiger partial charge in [0.25, 0.3) is 5.91 Å². The van der Waals surface area contributed by atoms with Gasteiger partial charge in [-0.3, -0.25) is 14.5 Å². The summed E-state index contributed by atoms with van der Waals surface area (Å²) in [4.78, 5) is 26.5. The standard InChI is InChI=1S/C15H20N2O4/c18-13(19)11-16-7-4-8-17(10-9-16)15(21)14(20)12-5-2-1-3-6-12/h1-3,5-6,14,20H,4,7-11H2,(H,18,19). The van der Waals surface area contributed by atoms with Crippen LogP contribution in [0.2, 0.25) is 0 Å². The molecule has 0 aliphatic carbocycles. The van der Waals surface area contributed by atoms with Crippen LogP contribution in [0.15, 0.2) is 30.3 Å². The fourth-order valence-electron chi connectivity index (χ4n) is 2.49. The van der Waals surface area contributed by atoms with Crippen LogP contribution in [0.4, 0.5) is 0 Å². The number of aliphatic hydroxyl groups excluding tert-OH is 1. The number of carbonyl (C=O) groups is 2. The maximum atomic E-state index is 12.3. The highest BCUT2D eigenvalue weighted by molar-refractivity contribution is 5.82. The molecule has 0 radical (unpaired) electrons. The Balaban J connectivity index is 1.95. The highest BCUT2D eigenvalue weighted by Crippen LogP contribution is 2.16. The Hall–Kier alpha value is -1.92. The molecule has 0 bridgehead atoms. The van der Waals surface area contributed by atoms with Crippen LogP contribution < -0.4 is 0 Å². The smallest absolute Gasteiger partial charge is 0.317 e. The van der Waals surface area contributed by atoms with E-state index in [4.69, 9.17) is 5.11 Å². The zero-order chi connectivity index (χ0) is 15.2. The fraction of sp³-hybridized carbons (Fsp3) is 0.467. The molecule has 2 rings (SSSR count). The van der Waals surface area contributed by atoms with E-state index in [1.807, 2.05) is 11.0 Å². The van der Waals surface area contributed by atoms with E-state index in [0.717, 1.165) is 0 Å². The van der Waals surface area contributed by atoms with Gasteiger partial charge in [-0.25, -0.2) is 0 Å². The highest BCUT2D eigenvalue weighted by Gasteiger charge is 2.26. The molecule has 1 aliphatic heterocycles. The van der Waals surface area contributed by atoms with Crippen LogP contribution in [0.5, 0.6) is 0 Å². The molecule has 0 spiro atoms. The highest BCUT2D eigenvalue weighted by atomic mass is 16.4. The molecule has 1 unspecified atom stereocenters. The number of hydrogen-bond acceptors (Lipinski definition) is 4. The molecule has 1 atom stereocenters. The van der Waals surface area contributed by atoms with Gasteiger partial charge < -0.3 is 15.1 Å². The van der Waals surface area contributed by atoms with Crippen LogP contribution in [0.3, 0.4) is 0 Å². The first-order valence-corrected chi connectivity index (χ1v) is 7.04. The summed E-state index contributed by atoms with van der Waals surface area (Å²) in [6, 6.07) is 8.83. The molecule has 114 valence electrons. The molecule has 6 nitrogen and oxygen atoms in total. The Bertz CT molecular complexity index is 492. The van der Waals surface area contributed by atoms with Crippen molar-refractivity contribution in [3.8, 4) is 0 Å². The first-order valence-electron chi connectivity index (χ1n) is 7.04. The van der Waals surface area contributed by atoms with Crippen molar-refractivity contribution >= 4 is 11.9 Å². The molecule has 2 N–H and O–H groups in total. The summed E-state index contributed by atoms with van der Waals surface area (Å²) >= 11 is 0. The molecule has 1 amide bonds. The summed E-state index contributed by atoms with van der Waals surface area (Å²) in [5.74, 6) is -1.18. The first-order chi connectivity index (χ1) is 10.1. The quantitative estimate of drug-likeness (QED) is 0.836. The minimum atomic E-state index is -1.16. The largest absolute Gasteiger partial charge is 0.480 e. The lowest BCUT2D eigenvalue weighted by Gasteiger charge is -2.24. The lowest BCUT2D eigenvalue weighted by molar-refractivity contribution is -0.140. The SMILES string of the molecule is O=C(O)CN1CCCN(C(=O)C(O)c2ccccc2)CC1. The maximum Gasteiger partial charge on any atom is 0.317 e. The van der Waals surface area contributed by atoms with Crippen LogP contribution in [-0.4, -0.2) is 64.6 Å². The number of carbonyl (C=O) groups excluding carboxylic acids is 1. The third kappa shape index (κ3) is 4.27. The van der Waals surface area contributed by atoms with Gasteiger partial charge in [-0.15, -0.1) is 0 Å². The Kier molecular flexibility index (Phi) is 5.30. The number of aliphatic carboxylic acids is 1. The van der Waals surface area contributed by atoms with Crippen LogP contribution in [0.1, 0.15) is 18.1 Å². The number of amides is 1. The molecular formula is C15H20N2O4. The number of nitrogens with zero attached hydrogens (tertiary/aromatic N) is 2. The molecular weight excluding hydrogens is 272 g/mol. The van der Waals surface area contributed by atoms with Crippen molar-refractivity contribution in [1.82, 2.24) is 9.80 Å². The lowest BCUT2D eigenvalue weighted by Crippen LogP contribution is -2.39. The summed E-state index contributed by atoms with van der Waals surface area (Å²) < 4.78 is 0. The molecule has 21 heavy (non-hydrogen) atoms. The van der Waals surface area contributed by atoms with Crippen molar-refractivity contribution in [2.45, 2.75) is 12.5 Å². The lowest BCUT2D eigenvalue weighted by atomic mass is 10.1. The van der Waals surface area contributed by atoms with Gasteiger partial charge in [-0.1, -0.05) is 30.3 Å². The van der Waals surface area contributed by atoms with Gasteiger partial charge in [0.1, 0.15) is 0 Å². The van der Waals surface area contributed by atoms with E-state index < -0.39 is 12.1 Å². The number of carboxylic acid groups (broad SMARTS) is 1. The molecule has 6 heteroatoms. The fourth-order valence-corrected chi connectivity index (χ4v) is 2.49. The van der Waals surface area contributed by atoms with Gasteiger partial charge in [0.2, 0.25) is 0 Å². The van der Waals surface area contributed by atoms with Crippen molar-refractivity contribution in [1.29, 1.82) is 0 Å².